The number of nitrogens with zero attached hydrogens (tertiary/aromatic N) is 1. The number of likely N-dealkylation sites (N-methyl/N-ethyl adjacent to an activating group) is 1. The third kappa shape index (κ3) is 47.9. The highest BCUT2D eigenvalue weighted by atomic mass is 31.2. The molecule has 0 rings (SSSR count). The minimum atomic E-state index is -4.43. The number of ether oxygens (including phenoxy) is 2. The predicted molar refractivity (Wildman–Crippen MR) is 270 cm³/mol. The fraction of sp³-hybridized carbons (Fsp3) is 0.593. The van der Waals surface area contributed by atoms with Crippen molar-refractivity contribution in [1.82, 2.24) is 0 Å². The van der Waals surface area contributed by atoms with Crippen LogP contribution < -0.4 is 0 Å². The van der Waals surface area contributed by atoms with E-state index < -0.39 is 32.5 Å². The van der Waals surface area contributed by atoms with Crippen molar-refractivity contribution in [1.29, 1.82) is 0 Å². The lowest BCUT2D eigenvalue weighted by Gasteiger charge is -2.24. The Labute approximate surface area is 390 Å². The summed E-state index contributed by atoms with van der Waals surface area (Å²) in [5, 5.41) is 0. The van der Waals surface area contributed by atoms with Crippen LogP contribution in [-0.2, 0) is 32.7 Å². The third-order valence-corrected chi connectivity index (χ3v) is 10.5. The van der Waals surface area contributed by atoms with Gasteiger partial charge in [0.2, 0.25) is 0 Å². The molecule has 0 bridgehead atoms. The van der Waals surface area contributed by atoms with Crippen LogP contribution in [-0.4, -0.2) is 74.9 Å². The zero-order chi connectivity index (χ0) is 47.1. The molecule has 1 unspecified atom stereocenters. The molecule has 64 heavy (non-hydrogen) atoms. The summed E-state index contributed by atoms with van der Waals surface area (Å²) >= 11 is 0. The number of phosphoric ester groups is 1. The molecule has 362 valence electrons. The average molecular weight is 911 g/mol. The Bertz CT molecular complexity index is 1490. The van der Waals surface area contributed by atoms with E-state index in [4.69, 9.17) is 18.5 Å². The van der Waals surface area contributed by atoms with Crippen molar-refractivity contribution in [2.45, 2.75) is 161 Å². The Morgan fingerprint density at radius 2 is 0.844 bits per heavy atom. The second kappa shape index (κ2) is 44.6. The van der Waals surface area contributed by atoms with Crippen LogP contribution >= 0.6 is 7.82 Å². The third-order valence-electron chi connectivity index (χ3n) is 9.53. The van der Waals surface area contributed by atoms with Crippen molar-refractivity contribution < 1.29 is 42.1 Å². The van der Waals surface area contributed by atoms with Gasteiger partial charge in [-0.15, -0.1) is 0 Å². The molecular formula is C54H89NO8P+. The fourth-order valence-corrected chi connectivity index (χ4v) is 6.48. The van der Waals surface area contributed by atoms with Gasteiger partial charge in [0.05, 0.1) is 40.6 Å². The lowest BCUT2D eigenvalue weighted by molar-refractivity contribution is -0.870. The number of allylic oxidation sites excluding steroid dienone is 18. The van der Waals surface area contributed by atoms with Gasteiger partial charge in [0.15, 0.2) is 6.10 Å². The molecule has 0 aliphatic heterocycles. The molecule has 0 aliphatic carbocycles. The van der Waals surface area contributed by atoms with Gasteiger partial charge < -0.3 is 18.9 Å². The van der Waals surface area contributed by atoms with Crippen LogP contribution in [0.4, 0.5) is 0 Å². The highest BCUT2D eigenvalue weighted by molar-refractivity contribution is 7.47. The van der Waals surface area contributed by atoms with Crippen LogP contribution in [0.2, 0.25) is 0 Å². The zero-order valence-electron chi connectivity index (χ0n) is 40.7. The van der Waals surface area contributed by atoms with Crippen LogP contribution in [0.3, 0.4) is 0 Å². The van der Waals surface area contributed by atoms with E-state index in [1.807, 2.05) is 45.4 Å². The topological polar surface area (TPSA) is 108 Å². The molecule has 0 fully saturated rings. The molecule has 0 heterocycles. The van der Waals surface area contributed by atoms with E-state index in [1.54, 1.807) is 12.2 Å². The number of esters is 2. The first-order valence-corrected chi connectivity index (χ1v) is 25.8. The van der Waals surface area contributed by atoms with Crippen molar-refractivity contribution in [2.24, 2.45) is 0 Å². The van der Waals surface area contributed by atoms with Crippen molar-refractivity contribution in [3.05, 3.63) is 122 Å². The van der Waals surface area contributed by atoms with Crippen LogP contribution in [0.15, 0.2) is 122 Å². The van der Waals surface area contributed by atoms with Gasteiger partial charge >= 0.3 is 19.8 Å². The molecule has 9 nitrogen and oxygen atoms in total. The number of unbranched alkanes of at least 4 members (excludes halogenated alkanes) is 10. The van der Waals surface area contributed by atoms with Crippen molar-refractivity contribution in [3.8, 4) is 0 Å². The Balaban J connectivity index is 4.61. The van der Waals surface area contributed by atoms with Gasteiger partial charge in [-0.3, -0.25) is 18.6 Å². The van der Waals surface area contributed by atoms with Crippen LogP contribution in [0.25, 0.3) is 0 Å². The molecule has 10 heteroatoms. The van der Waals surface area contributed by atoms with Crippen LogP contribution in [0.5, 0.6) is 0 Å². The monoisotopic (exact) mass is 911 g/mol. The molecule has 0 aromatic heterocycles. The zero-order valence-corrected chi connectivity index (χ0v) is 41.6. The number of quaternary nitrogens is 1. The van der Waals surface area contributed by atoms with Gasteiger partial charge in [-0.1, -0.05) is 187 Å². The molecule has 0 spiro atoms. The number of rotatable bonds is 42. The molecular weight excluding hydrogens is 822 g/mol. The van der Waals surface area contributed by atoms with Gasteiger partial charge in [-0.25, -0.2) is 4.57 Å². The Hall–Kier alpha value is -3.59. The van der Waals surface area contributed by atoms with E-state index in [0.717, 1.165) is 38.5 Å². The summed E-state index contributed by atoms with van der Waals surface area (Å²) in [7, 11) is 1.35. The van der Waals surface area contributed by atoms with Gasteiger partial charge in [-0.2, -0.15) is 0 Å². The Morgan fingerprint density at radius 1 is 0.484 bits per heavy atom. The summed E-state index contributed by atoms with van der Waals surface area (Å²) in [5.74, 6) is -1.10. The summed E-state index contributed by atoms with van der Waals surface area (Å²) in [6, 6.07) is 0. The second-order valence-electron chi connectivity index (χ2n) is 16.8. The highest BCUT2D eigenvalue weighted by Gasteiger charge is 2.26. The lowest BCUT2D eigenvalue weighted by Crippen LogP contribution is -2.37. The number of carbonyl (C=O) groups excluding carboxylic acids is 2. The number of phosphoric acid groups is 1. The van der Waals surface area contributed by atoms with E-state index >= 15 is 0 Å². The number of hydrogen-bond acceptors (Lipinski definition) is 7. The van der Waals surface area contributed by atoms with Gasteiger partial charge in [0.1, 0.15) is 19.8 Å². The summed E-state index contributed by atoms with van der Waals surface area (Å²) in [6.45, 7) is 4.15. The molecule has 0 aromatic rings. The largest absolute Gasteiger partial charge is 0.472 e. The van der Waals surface area contributed by atoms with Crippen molar-refractivity contribution in [3.63, 3.8) is 0 Å². The maximum Gasteiger partial charge on any atom is 0.472 e. The Kier molecular flexibility index (Phi) is 42.1. The Morgan fingerprint density at radius 3 is 1.23 bits per heavy atom. The summed E-state index contributed by atoms with van der Waals surface area (Å²) in [6.07, 6.45) is 63.1. The van der Waals surface area contributed by atoms with E-state index in [0.29, 0.717) is 23.9 Å². The van der Waals surface area contributed by atoms with Crippen molar-refractivity contribution >= 4 is 19.8 Å². The minimum Gasteiger partial charge on any atom is -0.461 e. The average Bonchev–Trinajstić information content (AvgIpc) is 3.25. The van der Waals surface area contributed by atoms with Gasteiger partial charge in [0, 0.05) is 0 Å². The van der Waals surface area contributed by atoms with Gasteiger partial charge in [-0.05, 0) is 77.0 Å². The smallest absolute Gasteiger partial charge is 0.461 e. The van der Waals surface area contributed by atoms with E-state index in [2.05, 4.69) is 98.9 Å². The summed E-state index contributed by atoms with van der Waals surface area (Å²) in [4.78, 5) is 35.3. The lowest BCUT2D eigenvalue weighted by atomic mass is 10.1. The standard InChI is InChI=1S/C54H88NO8P/c1-6-8-10-12-14-16-18-20-22-24-26-28-30-32-34-36-38-40-42-44-46-53(56)60-50-52(51-62-64(58,59)61-49-48-55(3,4)5)63-54(57)47-45-43-41-39-37-35-33-31-29-27-25-23-21-19-17-15-13-11-9-7-2/h18-21,24-27,30-33,36-39,42-45,52H,6-17,22-23,28-29,34-35,40-41,46-51H2,1-5H3/p+1/t52-/m1/s1. The first-order valence-electron chi connectivity index (χ1n) is 24.3. The second-order valence-corrected chi connectivity index (χ2v) is 18.3. The van der Waals surface area contributed by atoms with E-state index in [1.165, 1.54) is 77.0 Å². The van der Waals surface area contributed by atoms with Crippen molar-refractivity contribution in [2.75, 3.05) is 47.5 Å². The first-order chi connectivity index (χ1) is 31.0. The van der Waals surface area contributed by atoms with E-state index in [9.17, 15) is 19.0 Å². The SMILES string of the molecule is CCCCCCCC=CCC=CCC=CCC=CCC=CCC(=O)OC[C@H](COP(=O)(O)OCC[N+](C)(C)C)OC(=O)CC=CCC=CCC=CCC=CCC=CCCCCCCC. The first kappa shape index (κ1) is 60.4. The van der Waals surface area contributed by atoms with Gasteiger partial charge in [0.25, 0.3) is 0 Å². The molecule has 0 saturated heterocycles. The number of carbonyl (C=O) groups is 2. The molecule has 2 atom stereocenters. The van der Waals surface area contributed by atoms with Crippen LogP contribution in [0.1, 0.15) is 155 Å². The summed E-state index contributed by atoms with van der Waals surface area (Å²) in [5.41, 5.74) is 0. The highest BCUT2D eigenvalue weighted by Crippen LogP contribution is 2.43. The fourth-order valence-electron chi connectivity index (χ4n) is 5.73. The molecule has 0 aromatic carbocycles. The maximum absolute atomic E-state index is 12.7. The molecule has 0 saturated carbocycles. The summed E-state index contributed by atoms with van der Waals surface area (Å²) < 4.78 is 34.1. The van der Waals surface area contributed by atoms with Crippen LogP contribution in [0, 0.1) is 0 Å². The molecule has 0 radical (unpaired) electrons. The maximum atomic E-state index is 12.7. The predicted octanol–water partition coefficient (Wildman–Crippen LogP) is 14.5. The molecule has 0 aliphatic rings. The minimum absolute atomic E-state index is 0.00545. The van der Waals surface area contributed by atoms with E-state index in [-0.39, 0.29) is 26.1 Å². The number of hydrogen-bond donors (Lipinski definition) is 1. The normalized spacial score (nSPS) is 14.5. The quantitative estimate of drug-likeness (QED) is 0.0212. The molecule has 1 N–H and O–H groups in total. The molecule has 0 amide bonds.